The fraction of sp³-hybridized carbons (Fsp3) is 0. The number of para-hydroxylation sites is 4. The molecule has 0 amide bonds. The molecule has 12 aromatic carbocycles. The molecule has 3 aromatic heterocycles. The summed E-state index contributed by atoms with van der Waals surface area (Å²) in [5.74, 6) is 1.92. The summed E-state index contributed by atoms with van der Waals surface area (Å²) in [6, 6.07) is 108. The summed E-state index contributed by atoms with van der Waals surface area (Å²) in [5.41, 5.74) is 17.4. The summed E-state index contributed by atoms with van der Waals surface area (Å²) < 4.78 is 4.86. The van der Waals surface area contributed by atoms with E-state index in [4.69, 9.17) is 15.0 Å². The number of hydrogen-bond acceptors (Lipinski definition) is 6. The highest BCUT2D eigenvalue weighted by Crippen LogP contribution is 2.43. The molecule has 15 aromatic rings. The largest absolute Gasteiger partial charge is 0.311 e. The number of rotatable bonds is 12. The van der Waals surface area contributed by atoms with Crippen LogP contribution >= 0.6 is 11.3 Å². The zero-order valence-corrected chi connectivity index (χ0v) is 45.3. The molecule has 0 bridgehead atoms. The first-order valence-electron chi connectivity index (χ1n) is 27.6. The molecule has 0 N–H and O–H groups in total. The predicted octanol–water partition coefficient (Wildman–Crippen LogP) is 20.6. The molecule has 82 heavy (non-hydrogen) atoms. The Morgan fingerprint density at radius 1 is 0.244 bits per heavy atom. The van der Waals surface area contributed by atoms with Crippen LogP contribution in [0.2, 0.25) is 0 Å². The molecule has 386 valence electrons. The summed E-state index contributed by atoms with van der Waals surface area (Å²) in [6.45, 7) is 0. The first-order chi connectivity index (χ1) is 40.6. The lowest BCUT2D eigenvalue weighted by Crippen LogP contribution is -2.09. The van der Waals surface area contributed by atoms with Crippen molar-refractivity contribution in [1.82, 2.24) is 19.5 Å². The Morgan fingerprint density at radius 3 is 0.976 bits per heavy atom. The zero-order valence-electron chi connectivity index (χ0n) is 44.5. The van der Waals surface area contributed by atoms with Crippen LogP contribution in [0.25, 0.3) is 104 Å². The topological polar surface area (TPSA) is 50.1 Å². The molecule has 0 aliphatic heterocycles. The SMILES string of the molecule is c1ccc(-c2nc(-c3ccccc3)nc(-c3ccc4sc5ccc(-n6c7ccc(-c8ccc(N(c9ccccc9)c9ccccc9)cc8)cc7c7cc(-c8ccc(N(c9ccccc9)c9ccccc9)cc8)ccc76)cc5c4c3)n2)cc1. The van der Waals surface area contributed by atoms with E-state index in [0.717, 1.165) is 95.2 Å². The summed E-state index contributed by atoms with van der Waals surface area (Å²) in [7, 11) is 0. The third-order valence-electron chi connectivity index (χ3n) is 15.4. The molecule has 0 saturated heterocycles. The number of aromatic nitrogens is 4. The van der Waals surface area contributed by atoms with Gasteiger partial charge in [0, 0.05) is 87.4 Å². The van der Waals surface area contributed by atoms with E-state index in [0.29, 0.717) is 17.5 Å². The molecule has 15 rings (SSSR count). The Kier molecular flexibility index (Phi) is 12.3. The highest BCUT2D eigenvalue weighted by atomic mass is 32.1. The van der Waals surface area contributed by atoms with Crippen LogP contribution in [-0.2, 0) is 0 Å². The van der Waals surface area contributed by atoms with Crippen LogP contribution in [0.15, 0.2) is 303 Å². The van der Waals surface area contributed by atoms with Crippen molar-refractivity contribution < 1.29 is 0 Å². The number of hydrogen-bond donors (Lipinski definition) is 0. The van der Waals surface area contributed by atoms with Crippen molar-refractivity contribution in [3.05, 3.63) is 303 Å². The van der Waals surface area contributed by atoms with Crippen LogP contribution in [0.5, 0.6) is 0 Å². The van der Waals surface area contributed by atoms with Crippen LogP contribution < -0.4 is 9.80 Å². The number of fused-ring (bicyclic) bond motifs is 6. The number of nitrogens with zero attached hydrogens (tertiary/aromatic N) is 6. The molecule has 0 radical (unpaired) electrons. The fourth-order valence-electron chi connectivity index (χ4n) is 11.5. The Balaban J connectivity index is 0.857. The number of anilines is 6. The molecule has 7 heteroatoms. The van der Waals surface area contributed by atoms with Crippen molar-refractivity contribution >= 4 is 87.4 Å². The van der Waals surface area contributed by atoms with Gasteiger partial charge in [-0.2, -0.15) is 0 Å². The molecule has 0 aliphatic carbocycles. The normalized spacial score (nSPS) is 11.4. The van der Waals surface area contributed by atoms with Gasteiger partial charge in [-0.05, 0) is 156 Å². The van der Waals surface area contributed by atoms with Gasteiger partial charge in [0.2, 0.25) is 0 Å². The Labute approximate surface area is 479 Å². The smallest absolute Gasteiger partial charge is 0.164 e. The number of thiophene rings is 1. The zero-order chi connectivity index (χ0) is 54.3. The van der Waals surface area contributed by atoms with Gasteiger partial charge in [0.15, 0.2) is 17.5 Å². The van der Waals surface area contributed by atoms with Crippen molar-refractivity contribution in [2.24, 2.45) is 0 Å². The minimum absolute atomic E-state index is 0.637. The molecular formula is C75H50N6S. The van der Waals surface area contributed by atoms with Crippen LogP contribution in [0.4, 0.5) is 34.1 Å². The highest BCUT2D eigenvalue weighted by Gasteiger charge is 2.20. The van der Waals surface area contributed by atoms with Gasteiger partial charge in [-0.25, -0.2) is 15.0 Å². The van der Waals surface area contributed by atoms with E-state index in [1.165, 1.54) is 25.6 Å². The second-order valence-corrected chi connectivity index (χ2v) is 21.5. The lowest BCUT2D eigenvalue weighted by atomic mass is 9.99. The summed E-state index contributed by atoms with van der Waals surface area (Å²) in [6.07, 6.45) is 0. The molecule has 0 aliphatic rings. The van der Waals surface area contributed by atoms with E-state index >= 15 is 0 Å². The summed E-state index contributed by atoms with van der Waals surface area (Å²) in [5, 5.41) is 4.71. The van der Waals surface area contributed by atoms with E-state index in [2.05, 4.69) is 281 Å². The van der Waals surface area contributed by atoms with Crippen LogP contribution in [0, 0.1) is 0 Å². The molecule has 6 nitrogen and oxygen atoms in total. The molecule has 3 heterocycles. The van der Waals surface area contributed by atoms with Crippen LogP contribution in [0.1, 0.15) is 0 Å². The van der Waals surface area contributed by atoms with Gasteiger partial charge in [0.05, 0.1) is 11.0 Å². The van der Waals surface area contributed by atoms with Gasteiger partial charge in [-0.1, -0.05) is 170 Å². The number of benzene rings is 12. The van der Waals surface area contributed by atoms with Gasteiger partial charge in [-0.15, -0.1) is 11.3 Å². The second-order valence-electron chi connectivity index (χ2n) is 20.4. The average molecular weight is 1070 g/mol. The summed E-state index contributed by atoms with van der Waals surface area (Å²) >= 11 is 1.81. The minimum atomic E-state index is 0.637. The molecule has 0 unspecified atom stereocenters. The third kappa shape index (κ3) is 9.01. The Bertz CT molecular complexity index is 4440. The highest BCUT2D eigenvalue weighted by molar-refractivity contribution is 7.25. The standard InChI is InChI=1S/C75H50N6S/c1-7-19-53(20-8-1)73-76-74(54-21-9-2-10-22-54)78-75(77-73)57-37-45-71-67(49-57)68-50-64(42-46-72(68)82-71)81-69-43-35-55(51-31-38-62(39-32-51)79(58-23-11-3-12-24-58)59-25-13-4-14-26-59)47-65(69)66-48-56(36-44-70(66)81)52-33-40-63(41-34-52)80(60-27-15-5-16-28-60)61-29-17-6-18-30-61/h1-50H. The molecule has 0 saturated carbocycles. The molecule has 0 spiro atoms. The quantitative estimate of drug-likeness (QED) is 0.122. The van der Waals surface area contributed by atoms with Crippen LogP contribution in [0.3, 0.4) is 0 Å². The van der Waals surface area contributed by atoms with E-state index < -0.39 is 0 Å². The average Bonchev–Trinajstić information content (AvgIpc) is 4.04. The van der Waals surface area contributed by atoms with E-state index in [1.54, 1.807) is 0 Å². The van der Waals surface area contributed by atoms with Gasteiger partial charge in [0.1, 0.15) is 0 Å². The fourth-order valence-corrected chi connectivity index (χ4v) is 12.5. The van der Waals surface area contributed by atoms with E-state index in [1.807, 2.05) is 47.7 Å². The summed E-state index contributed by atoms with van der Waals surface area (Å²) in [4.78, 5) is 19.8. The monoisotopic (exact) mass is 1070 g/mol. The van der Waals surface area contributed by atoms with Gasteiger partial charge >= 0.3 is 0 Å². The minimum Gasteiger partial charge on any atom is -0.311 e. The maximum atomic E-state index is 5.10. The predicted molar refractivity (Wildman–Crippen MR) is 344 cm³/mol. The maximum Gasteiger partial charge on any atom is 0.164 e. The van der Waals surface area contributed by atoms with E-state index in [9.17, 15) is 0 Å². The first kappa shape index (κ1) is 48.4. The molecular weight excluding hydrogens is 1020 g/mol. The van der Waals surface area contributed by atoms with Crippen molar-refractivity contribution in [3.8, 4) is 62.1 Å². The maximum absolute atomic E-state index is 5.10. The molecule has 0 fully saturated rings. The van der Waals surface area contributed by atoms with Crippen molar-refractivity contribution in [2.75, 3.05) is 9.80 Å². The first-order valence-corrected chi connectivity index (χ1v) is 28.4. The lowest BCUT2D eigenvalue weighted by Gasteiger charge is -2.25. The Morgan fingerprint density at radius 2 is 0.561 bits per heavy atom. The van der Waals surface area contributed by atoms with Crippen LogP contribution in [-0.4, -0.2) is 19.5 Å². The Hall–Kier alpha value is -10.7. The van der Waals surface area contributed by atoms with Gasteiger partial charge < -0.3 is 14.4 Å². The third-order valence-corrected chi connectivity index (χ3v) is 16.6. The van der Waals surface area contributed by atoms with Gasteiger partial charge in [-0.3, -0.25) is 0 Å². The second kappa shape index (κ2) is 20.8. The van der Waals surface area contributed by atoms with Crippen molar-refractivity contribution in [3.63, 3.8) is 0 Å². The van der Waals surface area contributed by atoms with Crippen molar-refractivity contribution in [2.45, 2.75) is 0 Å². The van der Waals surface area contributed by atoms with E-state index in [-0.39, 0.29) is 0 Å². The lowest BCUT2D eigenvalue weighted by molar-refractivity contribution is 1.07. The van der Waals surface area contributed by atoms with Crippen molar-refractivity contribution in [1.29, 1.82) is 0 Å². The molecule has 0 atom stereocenters. The van der Waals surface area contributed by atoms with Gasteiger partial charge in [0.25, 0.3) is 0 Å².